The van der Waals surface area contributed by atoms with Crippen LogP contribution in [0, 0.1) is 11.8 Å². The molecule has 0 nitrogen and oxygen atoms in total. The van der Waals surface area contributed by atoms with Gasteiger partial charge in [-0.15, -0.1) is 0 Å². The molecule has 0 aliphatic rings. The van der Waals surface area contributed by atoms with Crippen molar-refractivity contribution in [2.45, 2.75) is 59.8 Å². The normalized spacial score (nSPS) is 16.3. The minimum atomic E-state index is 0.864. The highest BCUT2D eigenvalue weighted by Crippen LogP contribution is 2.19. The monoisotopic (exact) mass is 182 g/mol. The summed E-state index contributed by atoms with van der Waals surface area (Å²) in [6, 6.07) is 0. The van der Waals surface area contributed by atoms with Crippen LogP contribution in [0.2, 0.25) is 0 Å². The van der Waals surface area contributed by atoms with E-state index in [0.717, 1.165) is 11.8 Å². The topological polar surface area (TPSA) is 0 Å². The molecule has 0 rings (SSSR count). The quantitative estimate of drug-likeness (QED) is 0.496. The highest BCUT2D eigenvalue weighted by Gasteiger charge is 2.06. The van der Waals surface area contributed by atoms with Crippen LogP contribution in [0.15, 0.2) is 12.2 Å². The lowest BCUT2D eigenvalue weighted by atomic mass is 9.91. The van der Waals surface area contributed by atoms with Crippen LogP contribution in [0.5, 0.6) is 0 Å². The van der Waals surface area contributed by atoms with Gasteiger partial charge in [0.25, 0.3) is 0 Å². The van der Waals surface area contributed by atoms with Gasteiger partial charge in [-0.25, -0.2) is 0 Å². The molecule has 0 saturated heterocycles. The number of unbranched alkanes of at least 4 members (excludes halogenated alkanes) is 1. The molecule has 2 unspecified atom stereocenters. The molecule has 0 aliphatic carbocycles. The van der Waals surface area contributed by atoms with E-state index in [1.807, 2.05) is 0 Å². The third-order valence-corrected chi connectivity index (χ3v) is 2.63. The predicted molar refractivity (Wildman–Crippen MR) is 61.9 cm³/mol. The molecular formula is C13H26. The molecule has 0 saturated carbocycles. The van der Waals surface area contributed by atoms with E-state index in [-0.39, 0.29) is 0 Å². The Morgan fingerprint density at radius 3 is 2.38 bits per heavy atom. The fourth-order valence-corrected chi connectivity index (χ4v) is 1.82. The minimum Gasteiger partial charge on any atom is -0.0917 e. The van der Waals surface area contributed by atoms with Crippen molar-refractivity contribution in [2.24, 2.45) is 11.8 Å². The van der Waals surface area contributed by atoms with E-state index in [2.05, 4.69) is 39.8 Å². The first-order valence-electron chi connectivity index (χ1n) is 5.81. The van der Waals surface area contributed by atoms with Crippen molar-refractivity contribution in [1.82, 2.24) is 0 Å². The summed E-state index contributed by atoms with van der Waals surface area (Å²) in [7, 11) is 0. The second-order valence-corrected chi connectivity index (χ2v) is 4.39. The second kappa shape index (κ2) is 8.34. The molecule has 0 aromatic carbocycles. The smallest absolute Gasteiger partial charge is 0.0325 e. The Labute approximate surface area is 84.4 Å². The molecule has 0 aromatic heterocycles. The number of allylic oxidation sites excluding steroid dienone is 2. The Bertz CT molecular complexity index is 124. The van der Waals surface area contributed by atoms with Crippen LogP contribution in [-0.4, -0.2) is 0 Å². The van der Waals surface area contributed by atoms with Gasteiger partial charge in [0.2, 0.25) is 0 Å². The minimum absolute atomic E-state index is 0.864. The van der Waals surface area contributed by atoms with Crippen molar-refractivity contribution in [3.63, 3.8) is 0 Å². The Morgan fingerprint density at radius 1 is 1.15 bits per heavy atom. The van der Waals surface area contributed by atoms with Gasteiger partial charge in [-0.1, -0.05) is 52.2 Å². The van der Waals surface area contributed by atoms with Gasteiger partial charge in [0.1, 0.15) is 0 Å². The van der Waals surface area contributed by atoms with Gasteiger partial charge >= 0.3 is 0 Å². The molecular weight excluding hydrogens is 156 g/mol. The van der Waals surface area contributed by atoms with E-state index in [9.17, 15) is 0 Å². The second-order valence-electron chi connectivity index (χ2n) is 4.39. The van der Waals surface area contributed by atoms with Gasteiger partial charge in [-0.3, -0.25) is 0 Å². The fraction of sp³-hybridized carbons (Fsp3) is 0.846. The van der Waals surface area contributed by atoms with E-state index in [0.29, 0.717) is 0 Å². The van der Waals surface area contributed by atoms with Crippen molar-refractivity contribution in [3.8, 4) is 0 Å². The first-order chi connectivity index (χ1) is 6.20. The van der Waals surface area contributed by atoms with Gasteiger partial charge < -0.3 is 0 Å². The van der Waals surface area contributed by atoms with Crippen LogP contribution in [0.25, 0.3) is 0 Å². The summed E-state index contributed by atoms with van der Waals surface area (Å²) < 4.78 is 0. The van der Waals surface area contributed by atoms with Crippen LogP contribution < -0.4 is 0 Å². The molecule has 0 aromatic rings. The number of hydrogen-bond donors (Lipinski definition) is 0. The predicted octanol–water partition coefficient (Wildman–Crippen LogP) is 4.81. The summed E-state index contributed by atoms with van der Waals surface area (Å²) in [4.78, 5) is 0. The first-order valence-corrected chi connectivity index (χ1v) is 5.81. The zero-order chi connectivity index (χ0) is 10.1. The van der Waals surface area contributed by atoms with E-state index >= 15 is 0 Å². The van der Waals surface area contributed by atoms with Crippen molar-refractivity contribution in [2.75, 3.05) is 0 Å². The summed E-state index contributed by atoms with van der Waals surface area (Å²) in [5.41, 5.74) is 0. The molecule has 0 bridgehead atoms. The van der Waals surface area contributed by atoms with Gasteiger partial charge in [-0.05, 0) is 31.6 Å². The van der Waals surface area contributed by atoms with Crippen LogP contribution in [0.4, 0.5) is 0 Å². The molecule has 0 heterocycles. The molecule has 0 fully saturated rings. The largest absolute Gasteiger partial charge is 0.0917 e. The Balaban J connectivity index is 3.46. The van der Waals surface area contributed by atoms with Crippen LogP contribution in [0.3, 0.4) is 0 Å². The van der Waals surface area contributed by atoms with Gasteiger partial charge in [0.15, 0.2) is 0 Å². The highest BCUT2D eigenvalue weighted by molar-refractivity contribution is 4.79. The number of rotatable bonds is 7. The Hall–Kier alpha value is -0.260. The third-order valence-electron chi connectivity index (χ3n) is 2.63. The van der Waals surface area contributed by atoms with Crippen LogP contribution in [0.1, 0.15) is 59.8 Å². The molecule has 78 valence electrons. The van der Waals surface area contributed by atoms with Crippen molar-refractivity contribution < 1.29 is 0 Å². The third kappa shape index (κ3) is 8.08. The zero-order valence-electron chi connectivity index (χ0n) is 9.84. The van der Waals surface area contributed by atoms with E-state index < -0.39 is 0 Å². The van der Waals surface area contributed by atoms with Crippen molar-refractivity contribution in [1.29, 1.82) is 0 Å². The van der Waals surface area contributed by atoms with Crippen molar-refractivity contribution in [3.05, 3.63) is 12.2 Å². The molecule has 2 atom stereocenters. The lowest BCUT2D eigenvalue weighted by Gasteiger charge is -2.15. The molecule has 0 aliphatic heterocycles. The van der Waals surface area contributed by atoms with Gasteiger partial charge in [0, 0.05) is 0 Å². The molecule has 13 heavy (non-hydrogen) atoms. The average molecular weight is 182 g/mol. The number of hydrogen-bond acceptors (Lipinski definition) is 0. The van der Waals surface area contributed by atoms with Crippen LogP contribution >= 0.6 is 0 Å². The molecule has 0 heteroatoms. The summed E-state index contributed by atoms with van der Waals surface area (Å²) in [5.74, 6) is 1.78. The fourth-order valence-electron chi connectivity index (χ4n) is 1.82. The van der Waals surface area contributed by atoms with Gasteiger partial charge in [-0.2, -0.15) is 0 Å². The van der Waals surface area contributed by atoms with Crippen molar-refractivity contribution >= 4 is 0 Å². The summed E-state index contributed by atoms with van der Waals surface area (Å²) in [6.45, 7) is 9.13. The first kappa shape index (κ1) is 12.7. The maximum absolute atomic E-state index is 2.39. The van der Waals surface area contributed by atoms with E-state index in [1.165, 1.54) is 32.1 Å². The standard InChI is InChI=1S/C13H26/c1-5-7-9-12(3)11-13(4)10-8-6-2/h5,7,12-13H,6,8-11H2,1-4H3/b7-5+. The SMILES string of the molecule is C/C=C/CC(C)CC(C)CCCC. The average Bonchev–Trinajstić information content (AvgIpc) is 2.11. The lowest BCUT2D eigenvalue weighted by Crippen LogP contribution is -2.02. The van der Waals surface area contributed by atoms with Crippen LogP contribution in [-0.2, 0) is 0 Å². The molecule has 0 radical (unpaired) electrons. The maximum Gasteiger partial charge on any atom is -0.0325 e. The maximum atomic E-state index is 2.39. The molecule has 0 spiro atoms. The zero-order valence-corrected chi connectivity index (χ0v) is 9.84. The highest BCUT2D eigenvalue weighted by atomic mass is 14.1. The summed E-state index contributed by atoms with van der Waals surface area (Å²) >= 11 is 0. The molecule has 0 amide bonds. The van der Waals surface area contributed by atoms with Gasteiger partial charge in [0.05, 0.1) is 0 Å². The Kier molecular flexibility index (Phi) is 8.18. The van der Waals surface area contributed by atoms with E-state index in [1.54, 1.807) is 0 Å². The lowest BCUT2D eigenvalue weighted by molar-refractivity contribution is 0.387. The summed E-state index contributed by atoms with van der Waals surface area (Å²) in [5, 5.41) is 0. The molecule has 0 N–H and O–H groups in total. The summed E-state index contributed by atoms with van der Waals surface area (Å²) in [6.07, 6.45) is 11.3. The van der Waals surface area contributed by atoms with E-state index in [4.69, 9.17) is 0 Å². The Morgan fingerprint density at radius 2 is 1.85 bits per heavy atom.